The molecule has 7 heteroatoms. The predicted molar refractivity (Wildman–Crippen MR) is 127 cm³/mol. The zero-order valence-electron chi connectivity index (χ0n) is 18.3. The van der Waals surface area contributed by atoms with Crippen LogP contribution in [0.2, 0.25) is 0 Å². The van der Waals surface area contributed by atoms with E-state index in [1.54, 1.807) is 4.57 Å². The number of para-hydroxylation sites is 3. The summed E-state index contributed by atoms with van der Waals surface area (Å²) < 4.78 is 1.74. The second kappa shape index (κ2) is 9.02. The van der Waals surface area contributed by atoms with Gasteiger partial charge in [-0.05, 0) is 37.1 Å². The standard InChI is InChI=1S/C25H29N5O2/c31-23(28-18-16-27(17-19-28)20-8-2-1-3-9-20)12-15-30-22-11-5-4-10-21(22)26-24(25(30)32)29-13-6-7-14-29/h1-5,8-11H,6-7,12-19H2. The molecule has 1 amide bonds. The van der Waals surface area contributed by atoms with Crippen LogP contribution < -0.4 is 15.4 Å². The molecule has 0 spiro atoms. The fraction of sp³-hybridized carbons (Fsp3) is 0.400. The number of hydrogen-bond acceptors (Lipinski definition) is 5. The Kier molecular flexibility index (Phi) is 5.79. The van der Waals surface area contributed by atoms with Crippen molar-refractivity contribution >= 4 is 28.4 Å². The fourth-order valence-corrected chi connectivity index (χ4v) is 4.75. The summed E-state index contributed by atoms with van der Waals surface area (Å²) in [7, 11) is 0. The number of benzene rings is 2. The lowest BCUT2D eigenvalue weighted by atomic mass is 10.2. The number of aryl methyl sites for hydroxylation is 1. The maximum atomic E-state index is 13.3. The molecule has 1 aromatic heterocycles. The van der Waals surface area contributed by atoms with Gasteiger partial charge in [-0.25, -0.2) is 4.98 Å². The van der Waals surface area contributed by atoms with Crippen LogP contribution in [0.5, 0.6) is 0 Å². The quantitative estimate of drug-likeness (QED) is 0.622. The first kappa shape index (κ1) is 20.5. The first-order chi connectivity index (χ1) is 15.7. The first-order valence-electron chi connectivity index (χ1n) is 11.5. The summed E-state index contributed by atoms with van der Waals surface area (Å²) in [5.74, 6) is 0.623. The van der Waals surface area contributed by atoms with Crippen molar-refractivity contribution in [1.29, 1.82) is 0 Å². The lowest BCUT2D eigenvalue weighted by Gasteiger charge is -2.36. The maximum absolute atomic E-state index is 13.3. The van der Waals surface area contributed by atoms with E-state index < -0.39 is 0 Å². The van der Waals surface area contributed by atoms with Crippen molar-refractivity contribution in [3.05, 3.63) is 65.0 Å². The number of carbonyl (C=O) groups is 1. The Morgan fingerprint density at radius 3 is 2.25 bits per heavy atom. The summed E-state index contributed by atoms with van der Waals surface area (Å²) >= 11 is 0. The summed E-state index contributed by atoms with van der Waals surface area (Å²) in [4.78, 5) is 37.2. The van der Waals surface area contributed by atoms with Crippen LogP contribution in [0.1, 0.15) is 19.3 Å². The van der Waals surface area contributed by atoms with E-state index in [1.807, 2.05) is 47.4 Å². The summed E-state index contributed by atoms with van der Waals surface area (Å²) in [6, 6.07) is 18.0. The second-order valence-electron chi connectivity index (χ2n) is 8.53. The molecule has 32 heavy (non-hydrogen) atoms. The van der Waals surface area contributed by atoms with Gasteiger partial charge < -0.3 is 19.3 Å². The van der Waals surface area contributed by atoms with Crippen molar-refractivity contribution in [2.45, 2.75) is 25.8 Å². The van der Waals surface area contributed by atoms with E-state index in [2.05, 4.69) is 26.9 Å². The Morgan fingerprint density at radius 2 is 1.50 bits per heavy atom. The van der Waals surface area contributed by atoms with Gasteiger partial charge >= 0.3 is 0 Å². The zero-order valence-corrected chi connectivity index (χ0v) is 18.3. The van der Waals surface area contributed by atoms with Crippen LogP contribution in [0.15, 0.2) is 59.4 Å². The van der Waals surface area contributed by atoms with Gasteiger partial charge in [0.1, 0.15) is 0 Å². The first-order valence-corrected chi connectivity index (χ1v) is 11.5. The molecule has 0 unspecified atom stereocenters. The van der Waals surface area contributed by atoms with Crippen molar-refractivity contribution in [2.24, 2.45) is 0 Å². The lowest BCUT2D eigenvalue weighted by molar-refractivity contribution is -0.131. The number of fused-ring (bicyclic) bond motifs is 1. The molecule has 0 N–H and O–H groups in total. The highest BCUT2D eigenvalue weighted by molar-refractivity contribution is 5.78. The fourth-order valence-electron chi connectivity index (χ4n) is 4.75. The molecule has 7 nitrogen and oxygen atoms in total. The minimum absolute atomic E-state index is 0.0905. The van der Waals surface area contributed by atoms with Crippen LogP contribution in [-0.4, -0.2) is 59.6 Å². The molecule has 5 rings (SSSR count). The van der Waals surface area contributed by atoms with Gasteiger partial charge in [-0.2, -0.15) is 0 Å². The molecule has 2 fully saturated rings. The summed E-state index contributed by atoms with van der Waals surface area (Å²) in [5, 5.41) is 0. The van der Waals surface area contributed by atoms with Crippen molar-refractivity contribution < 1.29 is 4.79 Å². The summed E-state index contributed by atoms with van der Waals surface area (Å²) in [6.07, 6.45) is 2.49. The van der Waals surface area contributed by atoms with Crippen LogP contribution in [0.4, 0.5) is 11.5 Å². The third kappa shape index (κ3) is 4.07. The van der Waals surface area contributed by atoms with Crippen molar-refractivity contribution in [3.63, 3.8) is 0 Å². The number of piperazine rings is 1. The molecule has 3 aromatic rings. The highest BCUT2D eigenvalue weighted by Crippen LogP contribution is 2.19. The molecule has 0 bridgehead atoms. The molecule has 2 aliphatic rings. The molecule has 3 heterocycles. The predicted octanol–water partition coefficient (Wildman–Crippen LogP) is 2.74. The van der Waals surface area contributed by atoms with Crippen LogP contribution in [-0.2, 0) is 11.3 Å². The lowest BCUT2D eigenvalue weighted by Crippen LogP contribution is -2.49. The van der Waals surface area contributed by atoms with Crippen LogP contribution >= 0.6 is 0 Å². The minimum Gasteiger partial charge on any atom is -0.368 e. The number of rotatable bonds is 5. The largest absolute Gasteiger partial charge is 0.368 e. The molecule has 2 aromatic carbocycles. The normalized spacial score (nSPS) is 16.7. The van der Waals surface area contributed by atoms with E-state index >= 15 is 0 Å². The third-order valence-electron chi connectivity index (χ3n) is 6.54. The number of nitrogens with zero attached hydrogens (tertiary/aromatic N) is 5. The molecule has 0 radical (unpaired) electrons. The Balaban J connectivity index is 1.29. The smallest absolute Gasteiger partial charge is 0.294 e. The molecule has 166 valence electrons. The number of anilines is 2. The van der Waals surface area contributed by atoms with Gasteiger partial charge in [-0.1, -0.05) is 30.3 Å². The highest BCUT2D eigenvalue weighted by atomic mass is 16.2. The average Bonchev–Trinajstić information content (AvgIpc) is 3.38. The molecule has 0 atom stereocenters. The molecular formula is C25H29N5O2. The van der Waals surface area contributed by atoms with Gasteiger partial charge in [0.15, 0.2) is 5.82 Å². The number of carbonyl (C=O) groups excluding carboxylic acids is 1. The Labute approximate surface area is 187 Å². The van der Waals surface area contributed by atoms with Crippen LogP contribution in [0, 0.1) is 0 Å². The van der Waals surface area contributed by atoms with Crippen molar-refractivity contribution in [1.82, 2.24) is 14.5 Å². The average molecular weight is 432 g/mol. The minimum atomic E-state index is -0.0905. The molecule has 2 aliphatic heterocycles. The molecule has 0 aliphatic carbocycles. The van der Waals surface area contributed by atoms with Crippen LogP contribution in [0.25, 0.3) is 11.0 Å². The van der Waals surface area contributed by atoms with Gasteiger partial charge in [-0.15, -0.1) is 0 Å². The molecule has 2 saturated heterocycles. The summed E-state index contributed by atoms with van der Waals surface area (Å²) in [5.41, 5.74) is 2.70. The topological polar surface area (TPSA) is 61.7 Å². The molecule has 0 saturated carbocycles. The maximum Gasteiger partial charge on any atom is 0.294 e. The SMILES string of the molecule is O=C(CCn1c(=O)c(N2CCCC2)nc2ccccc21)N1CCN(c2ccccc2)CC1. The van der Waals surface area contributed by atoms with E-state index in [-0.39, 0.29) is 11.5 Å². The van der Waals surface area contributed by atoms with Gasteiger partial charge in [0.25, 0.3) is 5.56 Å². The van der Waals surface area contributed by atoms with E-state index in [1.165, 1.54) is 5.69 Å². The molecular weight excluding hydrogens is 402 g/mol. The van der Waals surface area contributed by atoms with Gasteiger partial charge in [0.2, 0.25) is 5.91 Å². The van der Waals surface area contributed by atoms with E-state index in [4.69, 9.17) is 0 Å². The van der Waals surface area contributed by atoms with Crippen molar-refractivity contribution in [2.75, 3.05) is 49.1 Å². The van der Waals surface area contributed by atoms with E-state index in [0.717, 1.165) is 50.1 Å². The van der Waals surface area contributed by atoms with E-state index in [9.17, 15) is 9.59 Å². The second-order valence-corrected chi connectivity index (χ2v) is 8.53. The Morgan fingerprint density at radius 1 is 0.812 bits per heavy atom. The number of aromatic nitrogens is 2. The van der Waals surface area contributed by atoms with Gasteiger partial charge in [0.05, 0.1) is 11.0 Å². The Bertz CT molecular complexity index is 1150. The van der Waals surface area contributed by atoms with Crippen molar-refractivity contribution in [3.8, 4) is 0 Å². The van der Waals surface area contributed by atoms with E-state index in [0.29, 0.717) is 31.9 Å². The third-order valence-corrected chi connectivity index (χ3v) is 6.54. The summed E-state index contributed by atoms with van der Waals surface area (Å²) in [6.45, 7) is 5.17. The number of amides is 1. The van der Waals surface area contributed by atoms with Gasteiger partial charge in [-0.3, -0.25) is 9.59 Å². The van der Waals surface area contributed by atoms with Gasteiger partial charge in [0, 0.05) is 57.9 Å². The number of hydrogen-bond donors (Lipinski definition) is 0. The Hall–Kier alpha value is -3.35. The highest BCUT2D eigenvalue weighted by Gasteiger charge is 2.23. The monoisotopic (exact) mass is 431 g/mol. The zero-order chi connectivity index (χ0) is 21.9. The van der Waals surface area contributed by atoms with Crippen LogP contribution in [0.3, 0.4) is 0 Å².